The number of hydrogen-bond acceptors (Lipinski definition) is 1. The van der Waals surface area contributed by atoms with Gasteiger partial charge in [0.05, 0.1) is 0 Å². The van der Waals surface area contributed by atoms with Gasteiger partial charge in [-0.1, -0.05) is 52.9 Å². The lowest BCUT2D eigenvalue weighted by Gasteiger charge is -2.19. The number of aliphatic hydroxyl groups is 1. The molecule has 1 aliphatic rings. The van der Waals surface area contributed by atoms with E-state index in [1.54, 1.807) is 6.08 Å². The van der Waals surface area contributed by atoms with Gasteiger partial charge in [-0.05, 0) is 25.7 Å². The maximum absolute atomic E-state index is 9.47. The molecule has 1 aliphatic carbocycles. The predicted molar refractivity (Wildman–Crippen MR) is 57.5 cm³/mol. The molecule has 1 rings (SSSR count). The number of alkyl halides is 3. The Morgan fingerprint density at radius 3 is 2.15 bits per heavy atom. The Morgan fingerprint density at radius 1 is 1.15 bits per heavy atom. The van der Waals surface area contributed by atoms with Crippen LogP contribution >= 0.6 is 34.8 Å². The van der Waals surface area contributed by atoms with E-state index < -0.39 is 9.90 Å². The van der Waals surface area contributed by atoms with Crippen molar-refractivity contribution >= 4 is 34.8 Å². The Balaban J connectivity index is 2.53. The molecule has 0 bridgehead atoms. The molecule has 0 aliphatic heterocycles. The van der Waals surface area contributed by atoms with E-state index in [1.807, 2.05) is 0 Å². The summed E-state index contributed by atoms with van der Waals surface area (Å²) in [5.41, 5.74) is 1.21. The molecule has 76 valence electrons. The third-order valence-electron chi connectivity index (χ3n) is 2.22. The van der Waals surface area contributed by atoms with Gasteiger partial charge in [-0.2, -0.15) is 0 Å². The SMILES string of the molecule is O[C@H](C=C1CCCCC1)C(Cl)(Cl)Cl. The van der Waals surface area contributed by atoms with Crippen molar-refractivity contribution in [2.75, 3.05) is 0 Å². The van der Waals surface area contributed by atoms with E-state index >= 15 is 0 Å². The fourth-order valence-corrected chi connectivity index (χ4v) is 1.68. The highest BCUT2D eigenvalue weighted by molar-refractivity contribution is 6.68. The monoisotopic (exact) mass is 242 g/mol. The molecular formula is C9H13Cl3O. The summed E-state index contributed by atoms with van der Waals surface area (Å²) in [6, 6.07) is 0. The van der Waals surface area contributed by atoms with E-state index in [4.69, 9.17) is 34.8 Å². The molecule has 0 unspecified atom stereocenters. The Bertz CT molecular complexity index is 188. The van der Waals surface area contributed by atoms with Crippen LogP contribution in [0.1, 0.15) is 32.1 Å². The van der Waals surface area contributed by atoms with Gasteiger partial charge in [-0.25, -0.2) is 0 Å². The summed E-state index contributed by atoms with van der Waals surface area (Å²) in [4.78, 5) is 0. The van der Waals surface area contributed by atoms with Gasteiger partial charge in [0, 0.05) is 0 Å². The second kappa shape index (κ2) is 4.88. The van der Waals surface area contributed by atoms with Crippen molar-refractivity contribution in [3.8, 4) is 0 Å². The van der Waals surface area contributed by atoms with Crippen LogP contribution in [0, 0.1) is 0 Å². The Hall–Kier alpha value is 0.570. The molecule has 1 fully saturated rings. The smallest absolute Gasteiger partial charge is 0.219 e. The summed E-state index contributed by atoms with van der Waals surface area (Å²) in [5.74, 6) is 0. The van der Waals surface area contributed by atoms with Crippen LogP contribution in [0.15, 0.2) is 11.6 Å². The molecule has 0 amide bonds. The molecule has 4 heteroatoms. The van der Waals surface area contributed by atoms with E-state index in [2.05, 4.69) is 0 Å². The van der Waals surface area contributed by atoms with Crippen molar-refractivity contribution in [2.24, 2.45) is 0 Å². The highest BCUT2D eigenvalue weighted by Gasteiger charge is 2.29. The first-order valence-corrected chi connectivity index (χ1v) is 5.58. The summed E-state index contributed by atoms with van der Waals surface area (Å²) in [5, 5.41) is 9.47. The molecule has 0 heterocycles. The van der Waals surface area contributed by atoms with Gasteiger partial charge in [0.15, 0.2) is 0 Å². The molecule has 1 atom stereocenters. The van der Waals surface area contributed by atoms with E-state index in [0.717, 1.165) is 12.8 Å². The first kappa shape index (κ1) is 11.6. The molecule has 13 heavy (non-hydrogen) atoms. The van der Waals surface area contributed by atoms with Crippen molar-refractivity contribution in [1.82, 2.24) is 0 Å². The van der Waals surface area contributed by atoms with Gasteiger partial charge in [0.2, 0.25) is 3.79 Å². The lowest BCUT2D eigenvalue weighted by molar-refractivity contribution is 0.226. The molecular weight excluding hydrogens is 230 g/mol. The van der Waals surface area contributed by atoms with Gasteiger partial charge < -0.3 is 5.11 Å². The quantitative estimate of drug-likeness (QED) is 0.551. The second-order valence-corrected chi connectivity index (χ2v) is 5.74. The predicted octanol–water partition coefficient (Wildman–Crippen LogP) is 3.61. The van der Waals surface area contributed by atoms with Crippen LogP contribution in [-0.2, 0) is 0 Å². The Morgan fingerprint density at radius 2 is 1.69 bits per heavy atom. The van der Waals surface area contributed by atoms with Gasteiger partial charge >= 0.3 is 0 Å². The summed E-state index contributed by atoms with van der Waals surface area (Å²) >= 11 is 16.6. The van der Waals surface area contributed by atoms with Crippen LogP contribution in [0.4, 0.5) is 0 Å². The highest BCUT2D eigenvalue weighted by atomic mass is 35.6. The molecule has 0 aromatic rings. The lowest BCUT2D eigenvalue weighted by Crippen LogP contribution is -2.23. The van der Waals surface area contributed by atoms with E-state index in [9.17, 15) is 5.11 Å². The number of allylic oxidation sites excluding steroid dienone is 1. The largest absolute Gasteiger partial charge is 0.385 e. The third-order valence-corrected chi connectivity index (χ3v) is 2.90. The summed E-state index contributed by atoms with van der Waals surface area (Å²) < 4.78 is -1.59. The minimum absolute atomic E-state index is 0.981. The standard InChI is InChI=1S/C9H13Cl3O/c10-9(11,12)8(13)6-7-4-2-1-3-5-7/h6,8,13H,1-5H2/t8-/m1/s1. The maximum atomic E-state index is 9.47. The Kier molecular flexibility index (Phi) is 4.37. The minimum Gasteiger partial charge on any atom is -0.385 e. The van der Waals surface area contributed by atoms with Crippen molar-refractivity contribution in [3.05, 3.63) is 11.6 Å². The van der Waals surface area contributed by atoms with Crippen LogP contribution in [0.5, 0.6) is 0 Å². The van der Waals surface area contributed by atoms with E-state index in [0.29, 0.717) is 0 Å². The molecule has 0 spiro atoms. The second-order valence-electron chi connectivity index (χ2n) is 3.37. The topological polar surface area (TPSA) is 20.2 Å². The number of rotatable bonds is 1. The van der Waals surface area contributed by atoms with Crippen molar-refractivity contribution in [2.45, 2.75) is 42.0 Å². The van der Waals surface area contributed by atoms with Crippen LogP contribution in [-0.4, -0.2) is 15.0 Å². The average molecular weight is 244 g/mol. The first-order chi connectivity index (χ1) is 6.00. The lowest BCUT2D eigenvalue weighted by atomic mass is 9.94. The van der Waals surface area contributed by atoms with E-state index in [1.165, 1.54) is 24.8 Å². The molecule has 0 radical (unpaired) electrons. The van der Waals surface area contributed by atoms with Crippen molar-refractivity contribution < 1.29 is 5.11 Å². The molecule has 0 saturated heterocycles. The summed E-state index contributed by atoms with van der Waals surface area (Å²) in [7, 11) is 0. The average Bonchev–Trinajstić information content (AvgIpc) is 2.04. The van der Waals surface area contributed by atoms with Crippen molar-refractivity contribution in [1.29, 1.82) is 0 Å². The molecule has 1 nitrogen and oxygen atoms in total. The minimum atomic E-state index is -1.59. The zero-order valence-corrected chi connectivity index (χ0v) is 9.54. The van der Waals surface area contributed by atoms with E-state index in [-0.39, 0.29) is 0 Å². The molecule has 0 aromatic heterocycles. The third kappa shape index (κ3) is 4.07. The maximum Gasteiger partial charge on any atom is 0.219 e. The van der Waals surface area contributed by atoms with Gasteiger partial charge in [-0.3, -0.25) is 0 Å². The van der Waals surface area contributed by atoms with Crippen LogP contribution in [0.3, 0.4) is 0 Å². The number of hydrogen-bond donors (Lipinski definition) is 1. The Labute approximate surface area is 93.7 Å². The summed E-state index contributed by atoms with van der Waals surface area (Å²) in [6.45, 7) is 0. The molecule has 0 aromatic carbocycles. The normalized spacial score (nSPS) is 21.4. The fraction of sp³-hybridized carbons (Fsp3) is 0.778. The first-order valence-electron chi connectivity index (χ1n) is 4.44. The molecule has 1 saturated carbocycles. The number of aliphatic hydroxyl groups excluding tert-OH is 1. The summed E-state index contributed by atoms with van der Waals surface area (Å²) in [6.07, 6.45) is 6.38. The zero-order chi connectivity index (χ0) is 9.90. The van der Waals surface area contributed by atoms with Crippen molar-refractivity contribution in [3.63, 3.8) is 0 Å². The van der Waals surface area contributed by atoms with Gasteiger partial charge in [0.1, 0.15) is 6.10 Å². The van der Waals surface area contributed by atoms with Crippen LogP contribution < -0.4 is 0 Å². The fourth-order valence-electron chi connectivity index (χ4n) is 1.49. The zero-order valence-electron chi connectivity index (χ0n) is 7.27. The van der Waals surface area contributed by atoms with Gasteiger partial charge in [-0.15, -0.1) is 0 Å². The van der Waals surface area contributed by atoms with Crippen LogP contribution in [0.2, 0.25) is 0 Å². The van der Waals surface area contributed by atoms with Gasteiger partial charge in [0.25, 0.3) is 0 Å². The highest BCUT2D eigenvalue weighted by Crippen LogP contribution is 2.33. The molecule has 1 N–H and O–H groups in total. The number of halogens is 3. The van der Waals surface area contributed by atoms with Crippen LogP contribution in [0.25, 0.3) is 0 Å².